The van der Waals surface area contributed by atoms with Crippen LogP contribution >= 0.6 is 15.9 Å². The normalized spacial score (nSPS) is 11.3. The Kier molecular flexibility index (Phi) is 3.73. The molecule has 0 saturated heterocycles. The zero-order valence-corrected chi connectivity index (χ0v) is 14.9. The molecule has 3 heterocycles. The van der Waals surface area contributed by atoms with Gasteiger partial charge < -0.3 is 0 Å². The maximum atomic E-state index is 12.7. The predicted octanol–water partition coefficient (Wildman–Crippen LogP) is 2.52. The summed E-state index contributed by atoms with van der Waals surface area (Å²) < 4.78 is 3.82. The molecule has 0 saturated carbocycles. The van der Waals surface area contributed by atoms with Gasteiger partial charge in [-0.15, -0.1) is 0 Å². The number of rotatable bonds is 2. The van der Waals surface area contributed by atoms with Gasteiger partial charge in [0.2, 0.25) is 0 Å². The van der Waals surface area contributed by atoms with Crippen LogP contribution in [0.2, 0.25) is 0 Å². The van der Waals surface area contributed by atoms with Gasteiger partial charge in [-0.3, -0.25) is 18.6 Å². The molecular weight excluding hydrogens is 384 g/mol. The molecular formula is C18H13BrN4O2. The van der Waals surface area contributed by atoms with Gasteiger partial charge in [0.25, 0.3) is 11.1 Å². The second-order valence-corrected chi connectivity index (χ2v) is 6.70. The van der Waals surface area contributed by atoms with Gasteiger partial charge in [0, 0.05) is 16.2 Å². The van der Waals surface area contributed by atoms with E-state index in [0.29, 0.717) is 22.2 Å². The lowest BCUT2D eigenvalue weighted by Gasteiger charge is -2.09. The summed E-state index contributed by atoms with van der Waals surface area (Å²) in [5, 5.41) is 0.519. The monoisotopic (exact) mass is 396 g/mol. The van der Waals surface area contributed by atoms with E-state index in [2.05, 4.69) is 25.9 Å². The molecule has 25 heavy (non-hydrogen) atoms. The van der Waals surface area contributed by atoms with Crippen LogP contribution in [0, 0.1) is 6.92 Å². The van der Waals surface area contributed by atoms with Crippen LogP contribution in [0.15, 0.2) is 62.9 Å². The third kappa shape index (κ3) is 2.76. The van der Waals surface area contributed by atoms with Crippen molar-refractivity contribution in [3.05, 3.63) is 85.4 Å². The lowest BCUT2D eigenvalue weighted by atomic mass is 10.2. The fourth-order valence-corrected chi connectivity index (χ4v) is 3.22. The van der Waals surface area contributed by atoms with E-state index in [-0.39, 0.29) is 17.7 Å². The molecule has 0 fully saturated rings. The first-order chi connectivity index (χ1) is 12.0. The Morgan fingerprint density at radius 2 is 1.96 bits per heavy atom. The molecule has 0 aliphatic heterocycles. The minimum absolute atomic E-state index is 0.164. The Bertz CT molecular complexity index is 1240. The number of aryl methyl sites for hydroxylation is 1. The van der Waals surface area contributed by atoms with E-state index in [9.17, 15) is 9.59 Å². The highest BCUT2D eigenvalue weighted by atomic mass is 79.9. The second kappa shape index (κ2) is 5.93. The fourth-order valence-electron chi connectivity index (χ4n) is 2.86. The highest BCUT2D eigenvalue weighted by Crippen LogP contribution is 2.15. The Balaban J connectivity index is 1.84. The number of pyridine rings is 1. The van der Waals surface area contributed by atoms with Gasteiger partial charge in [-0.1, -0.05) is 22.0 Å². The van der Waals surface area contributed by atoms with Gasteiger partial charge in [0.05, 0.1) is 29.5 Å². The highest BCUT2D eigenvalue weighted by Gasteiger charge is 2.08. The van der Waals surface area contributed by atoms with Crippen molar-refractivity contribution in [1.29, 1.82) is 0 Å². The zero-order chi connectivity index (χ0) is 17.6. The molecule has 7 heteroatoms. The van der Waals surface area contributed by atoms with Crippen molar-refractivity contribution in [2.75, 3.05) is 0 Å². The van der Waals surface area contributed by atoms with Crippen LogP contribution in [0.5, 0.6) is 0 Å². The summed E-state index contributed by atoms with van der Waals surface area (Å²) >= 11 is 3.37. The van der Waals surface area contributed by atoms with E-state index in [1.807, 2.05) is 25.1 Å². The number of halogens is 1. The van der Waals surface area contributed by atoms with E-state index in [1.165, 1.54) is 17.0 Å². The molecule has 0 N–H and O–H groups in total. The van der Waals surface area contributed by atoms with Gasteiger partial charge >= 0.3 is 0 Å². The van der Waals surface area contributed by atoms with Gasteiger partial charge in [0.1, 0.15) is 5.65 Å². The lowest BCUT2D eigenvalue weighted by Crippen LogP contribution is -2.24. The van der Waals surface area contributed by atoms with Crippen LogP contribution in [-0.2, 0) is 6.54 Å². The van der Waals surface area contributed by atoms with Gasteiger partial charge in [-0.25, -0.2) is 9.97 Å². The SMILES string of the molecule is Cc1cccc2nc(Cn3cnc4ccc(Br)cc4c3=O)cc(=O)n12. The number of aromatic nitrogens is 4. The number of nitrogens with zero attached hydrogens (tertiary/aromatic N) is 4. The Labute approximate surface area is 150 Å². The summed E-state index contributed by atoms with van der Waals surface area (Å²) in [4.78, 5) is 33.9. The van der Waals surface area contributed by atoms with Crippen molar-refractivity contribution in [2.24, 2.45) is 0 Å². The molecule has 0 atom stereocenters. The van der Waals surface area contributed by atoms with E-state index < -0.39 is 0 Å². The van der Waals surface area contributed by atoms with Crippen molar-refractivity contribution in [3.63, 3.8) is 0 Å². The van der Waals surface area contributed by atoms with E-state index in [4.69, 9.17) is 0 Å². The second-order valence-electron chi connectivity index (χ2n) is 5.79. The van der Waals surface area contributed by atoms with Crippen molar-refractivity contribution in [2.45, 2.75) is 13.5 Å². The molecule has 0 amide bonds. The minimum Gasteiger partial charge on any atom is -0.293 e. The largest absolute Gasteiger partial charge is 0.293 e. The van der Waals surface area contributed by atoms with Crippen molar-refractivity contribution in [1.82, 2.24) is 18.9 Å². The topological polar surface area (TPSA) is 69.3 Å². The molecule has 124 valence electrons. The van der Waals surface area contributed by atoms with E-state index in [1.54, 1.807) is 22.6 Å². The summed E-state index contributed by atoms with van der Waals surface area (Å²) in [5.41, 5.74) is 2.20. The molecule has 0 spiro atoms. The van der Waals surface area contributed by atoms with Crippen LogP contribution in [0.4, 0.5) is 0 Å². The Morgan fingerprint density at radius 1 is 1.12 bits per heavy atom. The summed E-state index contributed by atoms with van der Waals surface area (Å²) in [5.74, 6) is 0. The van der Waals surface area contributed by atoms with Gasteiger partial charge in [-0.05, 0) is 37.3 Å². The first-order valence-electron chi connectivity index (χ1n) is 7.66. The molecule has 4 rings (SSSR count). The number of hydrogen-bond donors (Lipinski definition) is 0. The predicted molar refractivity (Wildman–Crippen MR) is 99.0 cm³/mol. The molecule has 3 aromatic heterocycles. The van der Waals surface area contributed by atoms with Crippen LogP contribution in [0.1, 0.15) is 11.4 Å². The maximum absolute atomic E-state index is 12.7. The summed E-state index contributed by atoms with van der Waals surface area (Å²) in [6.07, 6.45) is 1.48. The van der Waals surface area contributed by atoms with E-state index in [0.717, 1.165) is 10.2 Å². The lowest BCUT2D eigenvalue weighted by molar-refractivity contribution is 0.726. The van der Waals surface area contributed by atoms with E-state index >= 15 is 0 Å². The summed E-state index contributed by atoms with van der Waals surface area (Å²) in [6.45, 7) is 2.04. The number of benzene rings is 1. The number of fused-ring (bicyclic) bond motifs is 2. The molecule has 0 aliphatic carbocycles. The summed E-state index contributed by atoms with van der Waals surface area (Å²) in [7, 11) is 0. The van der Waals surface area contributed by atoms with Gasteiger partial charge in [0.15, 0.2) is 0 Å². The zero-order valence-electron chi connectivity index (χ0n) is 13.3. The molecule has 0 unspecified atom stereocenters. The van der Waals surface area contributed by atoms with Crippen LogP contribution in [0.25, 0.3) is 16.6 Å². The Morgan fingerprint density at radius 3 is 2.80 bits per heavy atom. The smallest absolute Gasteiger partial charge is 0.261 e. The molecule has 0 bridgehead atoms. The average molecular weight is 397 g/mol. The van der Waals surface area contributed by atoms with Crippen molar-refractivity contribution < 1.29 is 0 Å². The molecule has 1 aromatic carbocycles. The number of hydrogen-bond acceptors (Lipinski definition) is 4. The minimum atomic E-state index is -0.169. The van der Waals surface area contributed by atoms with Gasteiger partial charge in [-0.2, -0.15) is 0 Å². The molecule has 6 nitrogen and oxygen atoms in total. The first kappa shape index (κ1) is 15.7. The van der Waals surface area contributed by atoms with Crippen LogP contribution in [-0.4, -0.2) is 18.9 Å². The third-order valence-electron chi connectivity index (χ3n) is 4.05. The Hall–Kier alpha value is -2.80. The van der Waals surface area contributed by atoms with Crippen LogP contribution < -0.4 is 11.1 Å². The quantitative estimate of drug-likeness (QED) is 0.521. The fraction of sp³-hybridized carbons (Fsp3) is 0.111. The maximum Gasteiger partial charge on any atom is 0.261 e. The standard InChI is InChI=1S/C18H13BrN4O2/c1-11-3-2-4-16-21-13(8-17(24)23(11)16)9-22-10-20-15-6-5-12(19)7-14(15)18(22)25/h2-8,10H,9H2,1H3. The van der Waals surface area contributed by atoms with Crippen molar-refractivity contribution in [3.8, 4) is 0 Å². The average Bonchev–Trinajstić information content (AvgIpc) is 2.58. The third-order valence-corrected chi connectivity index (χ3v) is 4.54. The first-order valence-corrected chi connectivity index (χ1v) is 8.45. The molecule has 0 aliphatic rings. The van der Waals surface area contributed by atoms with Crippen molar-refractivity contribution >= 4 is 32.5 Å². The van der Waals surface area contributed by atoms with Crippen LogP contribution in [0.3, 0.4) is 0 Å². The highest BCUT2D eigenvalue weighted by molar-refractivity contribution is 9.10. The summed E-state index contributed by atoms with van der Waals surface area (Å²) in [6, 6.07) is 12.3. The molecule has 0 radical (unpaired) electrons. The molecule has 4 aromatic rings.